The second-order valence-electron chi connectivity index (χ2n) is 7.69. The van der Waals surface area contributed by atoms with Crippen molar-refractivity contribution in [3.63, 3.8) is 0 Å². The maximum absolute atomic E-state index is 13.2. The van der Waals surface area contributed by atoms with Crippen LogP contribution in [0.1, 0.15) is 46.1 Å². The molecule has 28 heavy (non-hydrogen) atoms. The molecule has 1 fully saturated rings. The first-order chi connectivity index (χ1) is 13.4. The van der Waals surface area contributed by atoms with Crippen LogP contribution in [-0.4, -0.2) is 55.8 Å². The van der Waals surface area contributed by atoms with Gasteiger partial charge in [0.05, 0.1) is 13.2 Å². The highest BCUT2D eigenvalue weighted by Crippen LogP contribution is 2.23. The van der Waals surface area contributed by atoms with Crippen molar-refractivity contribution in [2.75, 3.05) is 32.8 Å². The third-order valence-electron chi connectivity index (χ3n) is 4.96. The molecule has 156 valence electrons. The number of likely N-dealkylation sites (tertiary alicyclic amines) is 1. The summed E-state index contributed by atoms with van der Waals surface area (Å²) in [5.74, 6) is 0.541. The molecule has 2 N–H and O–H groups in total. The summed E-state index contributed by atoms with van der Waals surface area (Å²) in [6.45, 7) is 11.2. The number of nitrogens with zero attached hydrogens (tertiary/aromatic N) is 2. The van der Waals surface area contributed by atoms with Crippen LogP contribution in [-0.2, 0) is 10.2 Å². The van der Waals surface area contributed by atoms with Crippen LogP contribution in [0.25, 0.3) is 0 Å². The van der Waals surface area contributed by atoms with Crippen LogP contribution < -0.4 is 10.6 Å². The molecule has 1 aromatic carbocycles. The lowest BCUT2D eigenvalue weighted by molar-refractivity contribution is 0.0963. The Bertz CT molecular complexity index is 653. The predicted octanol–water partition coefficient (Wildman–Crippen LogP) is 3.28. The molecule has 0 bridgehead atoms. The van der Waals surface area contributed by atoms with Crippen molar-refractivity contribution < 1.29 is 13.9 Å². The van der Waals surface area contributed by atoms with E-state index in [0.717, 1.165) is 30.9 Å². The van der Waals surface area contributed by atoms with Gasteiger partial charge in [-0.1, -0.05) is 26.0 Å². The third kappa shape index (κ3) is 6.39. The second kappa shape index (κ2) is 10.3. The minimum Gasteiger partial charge on any atom is -0.450 e. The topological polar surface area (TPSA) is 66.0 Å². The molecule has 1 saturated heterocycles. The number of aliphatic imine (C=N–C) groups is 1. The highest BCUT2D eigenvalue weighted by molar-refractivity contribution is 5.80. The van der Waals surface area contributed by atoms with Gasteiger partial charge < -0.3 is 20.3 Å². The zero-order chi connectivity index (χ0) is 20.6. The monoisotopic (exact) mass is 392 g/mol. The van der Waals surface area contributed by atoms with Crippen molar-refractivity contribution in [3.05, 3.63) is 35.6 Å². The number of rotatable bonds is 6. The minimum atomic E-state index is -0.234. The number of carbonyl (C=O) groups is 1. The number of benzene rings is 1. The number of piperidine rings is 1. The lowest BCUT2D eigenvalue weighted by atomic mass is 9.85. The van der Waals surface area contributed by atoms with E-state index in [2.05, 4.69) is 24.5 Å². The quantitative estimate of drug-likeness (QED) is 0.576. The molecule has 1 aliphatic heterocycles. The lowest BCUT2D eigenvalue weighted by Crippen LogP contribution is -2.50. The number of nitrogens with one attached hydrogen (secondary N) is 2. The van der Waals surface area contributed by atoms with Crippen molar-refractivity contribution in [1.82, 2.24) is 15.5 Å². The van der Waals surface area contributed by atoms with Gasteiger partial charge in [0.15, 0.2) is 5.96 Å². The van der Waals surface area contributed by atoms with E-state index < -0.39 is 0 Å². The summed E-state index contributed by atoms with van der Waals surface area (Å²) >= 11 is 0. The highest BCUT2D eigenvalue weighted by Gasteiger charge is 2.25. The van der Waals surface area contributed by atoms with E-state index in [1.807, 2.05) is 26.0 Å². The van der Waals surface area contributed by atoms with Crippen molar-refractivity contribution in [2.24, 2.45) is 4.99 Å². The molecule has 0 aromatic heterocycles. The Hall–Kier alpha value is -2.31. The van der Waals surface area contributed by atoms with E-state index in [1.165, 1.54) is 12.1 Å². The van der Waals surface area contributed by atoms with Crippen LogP contribution in [0.15, 0.2) is 29.3 Å². The Kier molecular flexibility index (Phi) is 8.08. The van der Waals surface area contributed by atoms with E-state index in [4.69, 9.17) is 9.73 Å². The number of guanidine groups is 1. The smallest absolute Gasteiger partial charge is 0.409 e. The molecule has 1 aromatic rings. The normalized spacial score (nSPS) is 16.0. The maximum atomic E-state index is 13.2. The SMILES string of the molecule is CCNC(=NCC(C)(C)c1ccc(F)cc1)NC1CCN(C(=O)OCC)CC1. The Morgan fingerprint density at radius 1 is 1.25 bits per heavy atom. The molecule has 0 saturated carbocycles. The number of hydrogen-bond acceptors (Lipinski definition) is 3. The molecule has 0 atom stereocenters. The summed E-state index contributed by atoms with van der Waals surface area (Å²) in [4.78, 5) is 18.3. The van der Waals surface area contributed by atoms with Crippen molar-refractivity contribution in [2.45, 2.75) is 52.0 Å². The van der Waals surface area contributed by atoms with Crippen LogP contribution in [0.4, 0.5) is 9.18 Å². The van der Waals surface area contributed by atoms with Gasteiger partial charge in [-0.25, -0.2) is 9.18 Å². The van der Waals surface area contributed by atoms with E-state index in [1.54, 1.807) is 4.90 Å². The zero-order valence-electron chi connectivity index (χ0n) is 17.4. The molecule has 6 nitrogen and oxygen atoms in total. The van der Waals surface area contributed by atoms with Gasteiger partial charge in [-0.2, -0.15) is 0 Å². The Balaban J connectivity index is 1.93. The molecule has 1 heterocycles. The lowest BCUT2D eigenvalue weighted by Gasteiger charge is -2.32. The predicted molar refractivity (Wildman–Crippen MR) is 110 cm³/mol. The first-order valence-electron chi connectivity index (χ1n) is 10.1. The van der Waals surface area contributed by atoms with E-state index >= 15 is 0 Å². The Morgan fingerprint density at radius 2 is 1.89 bits per heavy atom. The summed E-state index contributed by atoms with van der Waals surface area (Å²) in [5.41, 5.74) is 0.847. The molecular weight excluding hydrogens is 359 g/mol. The first kappa shape index (κ1) is 22.0. The zero-order valence-corrected chi connectivity index (χ0v) is 17.4. The molecule has 2 rings (SSSR count). The summed E-state index contributed by atoms with van der Waals surface area (Å²) < 4.78 is 18.3. The van der Waals surface area contributed by atoms with Crippen LogP contribution in [0.2, 0.25) is 0 Å². The number of halogens is 1. The van der Waals surface area contributed by atoms with Gasteiger partial charge in [-0.15, -0.1) is 0 Å². The van der Waals surface area contributed by atoms with Gasteiger partial charge in [-0.05, 0) is 44.4 Å². The highest BCUT2D eigenvalue weighted by atomic mass is 19.1. The van der Waals surface area contributed by atoms with Crippen LogP contribution in [0, 0.1) is 5.82 Å². The molecular formula is C21H33FN4O2. The van der Waals surface area contributed by atoms with Crippen molar-refractivity contribution >= 4 is 12.1 Å². The summed E-state index contributed by atoms with van der Waals surface area (Å²) in [6.07, 6.45) is 1.47. The fourth-order valence-electron chi connectivity index (χ4n) is 3.20. The number of amides is 1. The molecule has 7 heteroatoms. The molecule has 0 aliphatic carbocycles. The van der Waals surface area contributed by atoms with E-state index in [9.17, 15) is 9.18 Å². The first-order valence-corrected chi connectivity index (χ1v) is 10.1. The van der Waals surface area contributed by atoms with Gasteiger partial charge in [0, 0.05) is 31.1 Å². The fraction of sp³-hybridized carbons (Fsp3) is 0.619. The van der Waals surface area contributed by atoms with Gasteiger partial charge in [0.2, 0.25) is 0 Å². The minimum absolute atomic E-state index is 0.205. The Morgan fingerprint density at radius 3 is 2.46 bits per heavy atom. The van der Waals surface area contributed by atoms with Gasteiger partial charge in [-0.3, -0.25) is 4.99 Å². The van der Waals surface area contributed by atoms with Crippen LogP contribution >= 0.6 is 0 Å². The van der Waals surface area contributed by atoms with Gasteiger partial charge in [0.1, 0.15) is 5.82 Å². The van der Waals surface area contributed by atoms with Crippen molar-refractivity contribution in [1.29, 1.82) is 0 Å². The molecule has 0 spiro atoms. The summed E-state index contributed by atoms with van der Waals surface area (Å²) in [7, 11) is 0. The standard InChI is InChI=1S/C21H33FN4O2/c1-5-23-19(24-15-21(3,4)16-7-9-17(22)10-8-16)25-18-11-13-26(14-12-18)20(27)28-6-2/h7-10,18H,5-6,11-15H2,1-4H3,(H2,23,24,25). The number of hydrogen-bond donors (Lipinski definition) is 2. The average molecular weight is 393 g/mol. The van der Waals surface area contributed by atoms with Crippen LogP contribution in [0.5, 0.6) is 0 Å². The summed E-state index contributed by atoms with van der Waals surface area (Å²) in [5, 5.41) is 6.77. The third-order valence-corrected chi connectivity index (χ3v) is 4.96. The van der Waals surface area contributed by atoms with Gasteiger partial charge in [0.25, 0.3) is 0 Å². The Labute approximate surface area is 167 Å². The fourth-order valence-corrected chi connectivity index (χ4v) is 3.20. The van der Waals surface area contributed by atoms with Crippen molar-refractivity contribution in [3.8, 4) is 0 Å². The number of carbonyl (C=O) groups excluding carboxylic acids is 1. The largest absolute Gasteiger partial charge is 0.450 e. The van der Waals surface area contributed by atoms with Gasteiger partial charge >= 0.3 is 6.09 Å². The van der Waals surface area contributed by atoms with E-state index in [-0.39, 0.29) is 23.4 Å². The second-order valence-corrected chi connectivity index (χ2v) is 7.69. The van der Waals surface area contributed by atoms with E-state index in [0.29, 0.717) is 26.2 Å². The maximum Gasteiger partial charge on any atom is 0.409 e. The summed E-state index contributed by atoms with van der Waals surface area (Å²) in [6, 6.07) is 6.87. The molecule has 0 unspecified atom stereocenters. The molecule has 1 amide bonds. The van der Waals surface area contributed by atoms with Crippen LogP contribution in [0.3, 0.4) is 0 Å². The molecule has 1 aliphatic rings. The average Bonchev–Trinajstić information content (AvgIpc) is 2.67. The molecule has 0 radical (unpaired) electrons. The number of ether oxygens (including phenoxy) is 1.